The van der Waals surface area contributed by atoms with Crippen LogP contribution in [0.2, 0.25) is 0 Å². The lowest BCUT2D eigenvalue weighted by molar-refractivity contribution is 0.497. The summed E-state index contributed by atoms with van der Waals surface area (Å²) >= 11 is 0. The van der Waals surface area contributed by atoms with Crippen LogP contribution >= 0.6 is 23.9 Å². The highest BCUT2D eigenvalue weighted by molar-refractivity contribution is 7.95. The fourth-order valence-corrected chi connectivity index (χ4v) is 14.2. The molecule has 0 amide bonds. The summed E-state index contributed by atoms with van der Waals surface area (Å²) in [7, 11) is 4.26. The molecule has 0 aromatic heterocycles. The van der Waals surface area contributed by atoms with Gasteiger partial charge in [-0.2, -0.15) is 0 Å². The molecule has 0 radical (unpaired) electrons. The van der Waals surface area contributed by atoms with E-state index in [4.69, 9.17) is 0 Å². The van der Waals surface area contributed by atoms with Crippen molar-refractivity contribution in [2.45, 2.75) is 0 Å². The van der Waals surface area contributed by atoms with Crippen LogP contribution in [0.1, 0.15) is 0 Å². The Labute approximate surface area is 122 Å². The number of rotatable bonds is 4. The van der Waals surface area contributed by atoms with E-state index in [1.165, 1.54) is 9.34 Å². The number of nitrogens with zero attached hydrogens (tertiary/aromatic N) is 4. The molecule has 1 rings (SSSR count). The molecule has 0 bridgehead atoms. The summed E-state index contributed by atoms with van der Waals surface area (Å²) < 4.78 is 37.0. The average Bonchev–Trinajstić information content (AvgIpc) is 2.26. The lowest BCUT2D eigenvalue weighted by Gasteiger charge is -2.40. The van der Waals surface area contributed by atoms with Gasteiger partial charge in [0, 0.05) is 64.8 Å². The summed E-state index contributed by atoms with van der Waals surface area (Å²) in [4.78, 5) is 8.61. The van der Waals surface area contributed by atoms with Gasteiger partial charge in [0.2, 0.25) is 0 Å². The van der Waals surface area contributed by atoms with Crippen LogP contribution in [0.15, 0.2) is 0 Å². The van der Waals surface area contributed by atoms with Crippen molar-refractivity contribution in [1.82, 2.24) is 33.3 Å². The van der Waals surface area contributed by atoms with Gasteiger partial charge < -0.3 is 0 Å². The van der Waals surface area contributed by atoms with Crippen LogP contribution in [-0.2, 0) is 0 Å². The highest BCUT2D eigenvalue weighted by Gasteiger charge is 2.79. The molecule has 20 heavy (non-hydrogen) atoms. The third-order valence-corrected chi connectivity index (χ3v) is 14.1. The highest BCUT2D eigenvalue weighted by Crippen LogP contribution is 2.82. The predicted octanol–water partition coefficient (Wildman–Crippen LogP) is 1.99. The number of hydrogen-bond acceptors (Lipinski definition) is 7. The van der Waals surface area contributed by atoms with Crippen molar-refractivity contribution >= 4 is 23.9 Å². The third-order valence-electron chi connectivity index (χ3n) is 3.07. The van der Waals surface area contributed by atoms with Gasteiger partial charge in [-0.15, -0.1) is 18.7 Å². The summed E-state index contributed by atoms with van der Waals surface area (Å²) in [5.41, 5.74) is 0. The first-order valence-electron chi connectivity index (χ1n) is 6.06. The smallest absolute Gasteiger partial charge is 0.134 e. The highest BCUT2D eigenvalue weighted by atomic mass is 31.3. The Morgan fingerprint density at radius 1 is 0.550 bits per heavy atom. The molecule has 0 aromatic carbocycles. The minimum atomic E-state index is -3.47. The molecule has 3 N–H and O–H groups in total. The van der Waals surface area contributed by atoms with Gasteiger partial charge in [-0.25, -0.2) is 0 Å². The van der Waals surface area contributed by atoms with Crippen molar-refractivity contribution in [2.24, 2.45) is 0 Å². The Balaban J connectivity index is 3.34. The monoisotopic (exact) mass is 352 g/mol. The molecule has 120 valence electrons. The molecule has 2 atom stereocenters. The summed E-state index contributed by atoms with van der Waals surface area (Å²) in [5.74, 6) is 0. The van der Waals surface area contributed by atoms with Crippen molar-refractivity contribution < 1.29 is 8.39 Å². The number of halogens is 2. The van der Waals surface area contributed by atoms with Crippen LogP contribution < -0.4 is 14.6 Å². The van der Waals surface area contributed by atoms with E-state index in [-0.39, 0.29) is 0 Å². The molecule has 0 aliphatic carbocycles. The molecule has 0 saturated carbocycles. The van der Waals surface area contributed by atoms with E-state index in [9.17, 15) is 0 Å². The van der Waals surface area contributed by atoms with E-state index in [0.29, 0.717) is 0 Å². The molecular weight excluding hydrogens is 325 g/mol. The Morgan fingerprint density at radius 3 is 1.05 bits per heavy atom. The van der Waals surface area contributed by atoms with Gasteiger partial charge in [0.15, 0.2) is 0 Å². The van der Waals surface area contributed by atoms with Gasteiger partial charge in [0.25, 0.3) is 0 Å². The first-order chi connectivity index (χ1) is 8.89. The summed E-state index contributed by atoms with van der Waals surface area (Å²) in [6, 6.07) is 0. The molecule has 2 unspecified atom stereocenters. The molecule has 0 spiro atoms. The minimum absolute atomic E-state index is 1.41. The zero-order chi connectivity index (χ0) is 15.9. The van der Waals surface area contributed by atoms with E-state index in [0.717, 1.165) is 0 Å². The Bertz CT molecular complexity index is 327. The fourth-order valence-electron chi connectivity index (χ4n) is 1.69. The average molecular weight is 352 g/mol. The predicted molar refractivity (Wildman–Crippen MR) is 87.1 cm³/mol. The third kappa shape index (κ3) is 3.28. The van der Waals surface area contributed by atoms with E-state index in [1.54, 1.807) is 28.2 Å². The Kier molecular flexibility index (Phi) is 5.83. The Hall–Kier alpha value is 0.870. The van der Waals surface area contributed by atoms with Gasteiger partial charge in [-0.3, -0.25) is 0 Å². The molecule has 7 nitrogen and oxygen atoms in total. The first kappa shape index (κ1) is 18.9. The minimum Gasteiger partial charge on any atom is -0.134 e. The van der Waals surface area contributed by atoms with Crippen molar-refractivity contribution in [3.63, 3.8) is 0 Å². The first-order valence-corrected chi connectivity index (χ1v) is 11.0. The topological polar surface area (TPSA) is 49.1 Å². The molecule has 0 aromatic rings. The summed E-state index contributed by atoms with van der Waals surface area (Å²) in [5, 5.41) is 0. The standard InChI is InChI=1S/C8H27F2N7P3/c1-14(2)18(9)11-19(10,15(3)4)13-20(12-18,16(5)6)17(7)8/h11-13H,1-8H3/q+3. The zero-order valence-corrected chi connectivity index (χ0v) is 16.1. The lowest BCUT2D eigenvalue weighted by atomic mass is 11.3. The molecule has 1 aliphatic rings. The molecule has 12 heteroatoms. The van der Waals surface area contributed by atoms with Gasteiger partial charge in [-0.05, 0) is 0 Å². The molecule has 1 fully saturated rings. The lowest BCUT2D eigenvalue weighted by Crippen LogP contribution is -2.54. The van der Waals surface area contributed by atoms with Gasteiger partial charge in [-0.1, -0.05) is 0 Å². The maximum Gasteiger partial charge on any atom is 0.496 e. The maximum absolute atomic E-state index is 15.3. The molecule has 1 saturated heterocycles. The van der Waals surface area contributed by atoms with Gasteiger partial charge >= 0.3 is 23.9 Å². The van der Waals surface area contributed by atoms with Crippen LogP contribution in [0, 0.1) is 0 Å². The van der Waals surface area contributed by atoms with Crippen LogP contribution in [0.5, 0.6) is 0 Å². The molecule has 1 heterocycles. The second kappa shape index (κ2) is 6.17. The maximum atomic E-state index is 15.3. The summed E-state index contributed by atoms with van der Waals surface area (Å²) in [6.45, 7) is 0. The van der Waals surface area contributed by atoms with Crippen LogP contribution in [0.3, 0.4) is 0 Å². The largest absolute Gasteiger partial charge is 0.496 e. The fraction of sp³-hybridized carbons (Fsp3) is 1.00. The van der Waals surface area contributed by atoms with Gasteiger partial charge in [0.1, 0.15) is 0 Å². The molecular formula is C8H27F2N7P3+3. The van der Waals surface area contributed by atoms with Crippen molar-refractivity contribution in [2.75, 3.05) is 56.4 Å². The van der Waals surface area contributed by atoms with Crippen LogP contribution in [0.4, 0.5) is 8.39 Å². The number of nitrogens with one attached hydrogen (secondary N) is 3. The van der Waals surface area contributed by atoms with Crippen molar-refractivity contribution in [1.29, 1.82) is 0 Å². The summed E-state index contributed by atoms with van der Waals surface area (Å²) in [6.07, 6.45) is 0. The van der Waals surface area contributed by atoms with Crippen molar-refractivity contribution in [3.05, 3.63) is 0 Å². The van der Waals surface area contributed by atoms with E-state index < -0.39 is 23.9 Å². The van der Waals surface area contributed by atoms with Gasteiger partial charge in [0.05, 0.1) is 14.6 Å². The normalized spacial score (nSPS) is 34.5. The SMILES string of the molecule is CN(C)[P+]1(F)N[P+](F)(N(C)C)N[P+](N(C)C)(N(C)C)N1. The Morgan fingerprint density at radius 2 is 0.850 bits per heavy atom. The zero-order valence-electron chi connectivity index (χ0n) is 13.4. The van der Waals surface area contributed by atoms with E-state index in [1.807, 2.05) is 37.5 Å². The second-order valence-corrected chi connectivity index (χ2v) is 14.4. The van der Waals surface area contributed by atoms with Crippen LogP contribution in [-0.4, -0.2) is 75.1 Å². The van der Waals surface area contributed by atoms with E-state index in [2.05, 4.69) is 14.6 Å². The quantitative estimate of drug-likeness (QED) is 0.669. The van der Waals surface area contributed by atoms with Crippen LogP contribution in [0.25, 0.3) is 0 Å². The molecule has 1 aliphatic heterocycles. The number of hydrogen-bond donors (Lipinski definition) is 3. The van der Waals surface area contributed by atoms with Crippen molar-refractivity contribution in [3.8, 4) is 0 Å². The van der Waals surface area contributed by atoms with E-state index >= 15 is 8.39 Å². The second-order valence-electron chi connectivity index (χ2n) is 5.40.